The van der Waals surface area contributed by atoms with E-state index in [4.69, 9.17) is 9.79 Å². The summed E-state index contributed by atoms with van der Waals surface area (Å²) in [6.07, 6.45) is 0. The molecule has 0 bridgehead atoms. The molecule has 8 heteroatoms. The summed E-state index contributed by atoms with van der Waals surface area (Å²) in [5.74, 6) is 0. The van der Waals surface area contributed by atoms with Crippen LogP contribution < -0.4 is 0 Å². The van der Waals surface area contributed by atoms with Crippen molar-refractivity contribution in [3.8, 4) is 0 Å². The SMILES string of the molecule is O=[P+](O)O[P+](=O)O.P. The molecule has 0 aliphatic carbocycles. The molecule has 0 aliphatic rings. The lowest BCUT2D eigenvalue weighted by atomic mass is 15.8. The van der Waals surface area contributed by atoms with Gasteiger partial charge in [-0.05, 0) is 0 Å². The summed E-state index contributed by atoms with van der Waals surface area (Å²) in [6.45, 7) is 0. The average Bonchev–Trinajstić information content (AvgIpc) is 1.27. The monoisotopic (exact) mass is 178 g/mol. The van der Waals surface area contributed by atoms with E-state index in [2.05, 4.69) is 4.31 Å². The topological polar surface area (TPSA) is 83.8 Å². The van der Waals surface area contributed by atoms with Crippen LogP contribution in [0.1, 0.15) is 0 Å². The molecule has 48 valence electrons. The van der Waals surface area contributed by atoms with Crippen LogP contribution in [-0.2, 0) is 13.4 Å². The molecule has 3 unspecified atom stereocenters. The lowest BCUT2D eigenvalue weighted by molar-refractivity contribution is 0.371. The average molecular weight is 178 g/mol. The van der Waals surface area contributed by atoms with E-state index in [1.165, 1.54) is 0 Å². The molecule has 0 radical (unpaired) electrons. The van der Waals surface area contributed by atoms with Gasteiger partial charge in [-0.25, -0.2) is 0 Å². The Morgan fingerprint density at radius 3 is 1.38 bits per heavy atom. The Kier molecular flexibility index (Phi) is 7.99. The van der Waals surface area contributed by atoms with Crippen molar-refractivity contribution in [2.45, 2.75) is 0 Å². The third-order valence-electron chi connectivity index (χ3n) is 0.140. The third kappa shape index (κ3) is 9.72. The Balaban J connectivity index is 0. The molecule has 0 saturated heterocycles. The molecule has 2 N–H and O–H groups in total. The van der Waals surface area contributed by atoms with Crippen molar-refractivity contribution in [2.75, 3.05) is 0 Å². The maximum absolute atomic E-state index is 9.39. The predicted octanol–water partition coefficient (Wildman–Crippen LogP) is 0.360. The second-order valence-electron chi connectivity index (χ2n) is 0.557. The van der Waals surface area contributed by atoms with Gasteiger partial charge >= 0.3 is 16.5 Å². The second kappa shape index (κ2) is 5.64. The molecule has 0 heterocycles. The molecule has 0 aromatic rings. The van der Waals surface area contributed by atoms with Crippen molar-refractivity contribution in [3.63, 3.8) is 0 Å². The van der Waals surface area contributed by atoms with Crippen LogP contribution in [0.2, 0.25) is 0 Å². The first kappa shape index (κ1) is 11.3. The van der Waals surface area contributed by atoms with Gasteiger partial charge in [0.05, 0.1) is 0 Å². The summed E-state index contributed by atoms with van der Waals surface area (Å²) in [5.41, 5.74) is 0. The van der Waals surface area contributed by atoms with Gasteiger partial charge in [0.1, 0.15) is 0 Å². The molecular weight excluding hydrogens is 173 g/mol. The van der Waals surface area contributed by atoms with E-state index < -0.39 is 16.5 Å². The molecule has 0 saturated carbocycles. The van der Waals surface area contributed by atoms with Gasteiger partial charge in [-0.2, -0.15) is 9.90 Å². The summed E-state index contributed by atoms with van der Waals surface area (Å²) in [5, 5.41) is 0. The van der Waals surface area contributed by atoms with Gasteiger partial charge in [-0.3, -0.25) is 0 Å². The summed E-state index contributed by atoms with van der Waals surface area (Å²) in [7, 11) is -5.85. The van der Waals surface area contributed by atoms with Crippen LogP contribution in [-0.4, -0.2) is 9.79 Å². The molecule has 8 heavy (non-hydrogen) atoms. The molecular formula is H5O5P3+2. The van der Waals surface area contributed by atoms with Gasteiger partial charge in [0.2, 0.25) is 0 Å². The van der Waals surface area contributed by atoms with E-state index >= 15 is 0 Å². The zero-order chi connectivity index (χ0) is 5.86. The Morgan fingerprint density at radius 1 is 1.12 bits per heavy atom. The van der Waals surface area contributed by atoms with Crippen LogP contribution in [0, 0.1) is 0 Å². The van der Waals surface area contributed by atoms with Crippen molar-refractivity contribution in [2.24, 2.45) is 0 Å². The minimum absolute atomic E-state index is 0. The maximum Gasteiger partial charge on any atom is 0.745 e. The Morgan fingerprint density at radius 2 is 1.38 bits per heavy atom. The minimum atomic E-state index is -2.92. The summed E-state index contributed by atoms with van der Waals surface area (Å²) < 4.78 is 22.2. The zero-order valence-corrected chi connectivity index (χ0v) is 6.92. The van der Waals surface area contributed by atoms with E-state index in [1.54, 1.807) is 0 Å². The van der Waals surface area contributed by atoms with Crippen LogP contribution in [0.25, 0.3) is 0 Å². The molecule has 0 spiro atoms. The second-order valence-corrected chi connectivity index (χ2v) is 2.16. The van der Waals surface area contributed by atoms with Crippen LogP contribution >= 0.6 is 26.4 Å². The minimum Gasteiger partial charge on any atom is -0.153 e. The van der Waals surface area contributed by atoms with Crippen LogP contribution in [0.5, 0.6) is 0 Å². The summed E-state index contributed by atoms with van der Waals surface area (Å²) in [4.78, 5) is 15.3. The molecule has 0 aromatic carbocycles. The number of rotatable bonds is 2. The van der Waals surface area contributed by atoms with Crippen molar-refractivity contribution < 1.29 is 23.2 Å². The van der Waals surface area contributed by atoms with Crippen LogP contribution in [0.15, 0.2) is 0 Å². The molecule has 0 aromatic heterocycles. The van der Waals surface area contributed by atoms with Gasteiger partial charge in [0.15, 0.2) is 4.31 Å². The molecule has 0 fully saturated rings. The normalized spacial score (nSPS) is 11.8. The zero-order valence-electron chi connectivity index (χ0n) is 3.72. The van der Waals surface area contributed by atoms with Gasteiger partial charge in [0.25, 0.3) is 0 Å². The fourth-order valence-corrected chi connectivity index (χ4v) is 0.538. The highest BCUT2D eigenvalue weighted by Gasteiger charge is 2.31. The quantitative estimate of drug-likeness (QED) is 0.596. The lowest BCUT2D eigenvalue weighted by Crippen LogP contribution is -1.58. The van der Waals surface area contributed by atoms with Crippen LogP contribution in [0.3, 0.4) is 0 Å². The Hall–Kier alpha value is 0.510. The van der Waals surface area contributed by atoms with E-state index in [1.807, 2.05) is 0 Å². The van der Waals surface area contributed by atoms with Crippen molar-refractivity contribution in [1.29, 1.82) is 0 Å². The predicted molar refractivity (Wildman–Crippen MR) is 31.8 cm³/mol. The van der Waals surface area contributed by atoms with Crippen molar-refractivity contribution >= 4 is 26.4 Å². The Bertz CT molecular complexity index is 83.8. The summed E-state index contributed by atoms with van der Waals surface area (Å²) in [6, 6.07) is 0. The van der Waals surface area contributed by atoms with Gasteiger partial charge in [-0.1, -0.05) is 0 Å². The molecule has 5 nitrogen and oxygen atoms in total. The molecule has 3 atom stereocenters. The Labute approximate surface area is 50.6 Å². The standard InChI is InChI=1S/O5P2.H3P/c1-6(2)5-7(3)4;/h;1H3/p+2. The van der Waals surface area contributed by atoms with Crippen molar-refractivity contribution in [3.05, 3.63) is 0 Å². The number of hydrogen-bond donors (Lipinski definition) is 2. The number of hydrogen-bond acceptors (Lipinski definition) is 3. The molecule has 0 aliphatic heterocycles. The van der Waals surface area contributed by atoms with E-state index in [9.17, 15) is 9.13 Å². The first-order valence-electron chi connectivity index (χ1n) is 1.13. The van der Waals surface area contributed by atoms with Gasteiger partial charge in [0, 0.05) is 9.13 Å². The van der Waals surface area contributed by atoms with E-state index in [-0.39, 0.29) is 9.90 Å². The third-order valence-corrected chi connectivity index (χ3v) is 1.26. The van der Waals surface area contributed by atoms with Crippen molar-refractivity contribution in [1.82, 2.24) is 0 Å². The maximum atomic E-state index is 9.39. The molecule has 0 amide bonds. The largest absolute Gasteiger partial charge is 0.745 e. The first-order valence-corrected chi connectivity index (χ1v) is 3.39. The fraction of sp³-hybridized carbons (Fsp3) is 0. The fourth-order valence-electron chi connectivity index (χ4n) is 0.0598. The highest BCUT2D eigenvalue weighted by molar-refractivity contribution is 7.46. The van der Waals surface area contributed by atoms with E-state index in [0.29, 0.717) is 0 Å². The van der Waals surface area contributed by atoms with Crippen LogP contribution in [0.4, 0.5) is 0 Å². The van der Waals surface area contributed by atoms with Gasteiger partial charge < -0.3 is 0 Å². The smallest absolute Gasteiger partial charge is 0.153 e. The lowest BCUT2D eigenvalue weighted by Gasteiger charge is -1.50. The highest BCUT2D eigenvalue weighted by Crippen LogP contribution is 2.30. The first-order chi connectivity index (χ1) is 3.13. The summed E-state index contributed by atoms with van der Waals surface area (Å²) >= 11 is 0. The van der Waals surface area contributed by atoms with E-state index in [0.717, 1.165) is 0 Å². The molecule has 0 rings (SSSR count). The highest BCUT2D eigenvalue weighted by atomic mass is 31.2. The van der Waals surface area contributed by atoms with Gasteiger partial charge in [-0.15, -0.1) is 9.79 Å².